The smallest absolute Gasteiger partial charge is 0.273 e. The predicted octanol–water partition coefficient (Wildman–Crippen LogP) is 2.05. The van der Waals surface area contributed by atoms with Gasteiger partial charge in [-0.05, 0) is 32.6 Å². The number of fused-ring (bicyclic) bond motifs is 1. The summed E-state index contributed by atoms with van der Waals surface area (Å²) >= 11 is 0. The number of aromatic nitrogens is 1. The highest BCUT2D eigenvalue weighted by molar-refractivity contribution is 5.92. The molecule has 2 aromatic rings. The summed E-state index contributed by atoms with van der Waals surface area (Å²) in [7, 11) is 3.94. The van der Waals surface area contributed by atoms with Crippen LogP contribution in [0.15, 0.2) is 28.9 Å². The van der Waals surface area contributed by atoms with E-state index in [9.17, 15) is 4.79 Å². The average Bonchev–Trinajstić information content (AvgIpc) is 3.27. The Morgan fingerprint density at radius 2 is 2.15 bits per heavy atom. The number of ether oxygens (including phenoxy) is 3. The maximum absolute atomic E-state index is 12.3. The highest BCUT2D eigenvalue weighted by Crippen LogP contribution is 2.35. The fourth-order valence-corrected chi connectivity index (χ4v) is 2.57. The average molecular weight is 361 g/mol. The number of rotatable bonds is 8. The summed E-state index contributed by atoms with van der Waals surface area (Å²) in [6.45, 7) is 3.12. The molecule has 1 aliphatic heterocycles. The molecule has 0 aliphatic carbocycles. The lowest BCUT2D eigenvalue weighted by molar-refractivity contribution is 0.0924. The molecule has 0 saturated heterocycles. The minimum absolute atomic E-state index is 0.0579. The molecule has 1 atom stereocenters. The summed E-state index contributed by atoms with van der Waals surface area (Å²) < 4.78 is 21.5. The van der Waals surface area contributed by atoms with Gasteiger partial charge in [-0.25, -0.2) is 4.98 Å². The fourth-order valence-electron chi connectivity index (χ4n) is 2.57. The van der Waals surface area contributed by atoms with E-state index in [1.165, 1.54) is 6.26 Å². The molecule has 1 amide bonds. The number of hydrogen-bond donors (Lipinski definition) is 1. The van der Waals surface area contributed by atoms with E-state index in [1.807, 2.05) is 25.9 Å². The summed E-state index contributed by atoms with van der Waals surface area (Å²) in [5, 5.41) is 2.96. The van der Waals surface area contributed by atoms with Crippen molar-refractivity contribution in [3.63, 3.8) is 0 Å². The van der Waals surface area contributed by atoms with Crippen LogP contribution in [-0.2, 0) is 6.61 Å². The molecule has 1 N–H and O–H groups in total. The zero-order valence-corrected chi connectivity index (χ0v) is 15.2. The van der Waals surface area contributed by atoms with E-state index >= 15 is 0 Å². The molecule has 1 aromatic heterocycles. The molecule has 0 radical (unpaired) electrons. The van der Waals surface area contributed by atoms with Crippen LogP contribution in [0.4, 0.5) is 0 Å². The van der Waals surface area contributed by atoms with Crippen LogP contribution in [-0.4, -0.2) is 49.3 Å². The lowest BCUT2D eigenvalue weighted by atomic mass is 10.2. The van der Waals surface area contributed by atoms with Crippen molar-refractivity contribution in [2.24, 2.45) is 0 Å². The maximum atomic E-state index is 12.3. The van der Waals surface area contributed by atoms with E-state index in [-0.39, 0.29) is 31.0 Å². The van der Waals surface area contributed by atoms with Crippen LogP contribution in [0.5, 0.6) is 17.2 Å². The monoisotopic (exact) mass is 361 g/mol. The Bertz CT molecular complexity index is 759. The zero-order valence-electron chi connectivity index (χ0n) is 15.2. The number of nitrogens with zero attached hydrogens (tertiary/aromatic N) is 2. The third-order valence-electron chi connectivity index (χ3n) is 3.90. The van der Waals surface area contributed by atoms with Crippen molar-refractivity contribution in [2.75, 3.05) is 27.4 Å². The molecule has 1 aliphatic rings. The number of oxazole rings is 1. The first-order valence-electron chi connectivity index (χ1n) is 8.47. The van der Waals surface area contributed by atoms with Crippen molar-refractivity contribution < 1.29 is 23.4 Å². The van der Waals surface area contributed by atoms with Gasteiger partial charge in [0.25, 0.3) is 5.91 Å². The molecule has 8 nitrogen and oxygen atoms in total. The van der Waals surface area contributed by atoms with Crippen LogP contribution in [0.1, 0.15) is 29.7 Å². The van der Waals surface area contributed by atoms with Crippen LogP contribution >= 0.6 is 0 Å². The van der Waals surface area contributed by atoms with Crippen molar-refractivity contribution in [3.05, 3.63) is 36.0 Å². The largest absolute Gasteiger partial charge is 0.484 e. The van der Waals surface area contributed by atoms with Gasteiger partial charge < -0.3 is 28.8 Å². The maximum Gasteiger partial charge on any atom is 0.273 e. The minimum Gasteiger partial charge on any atom is -0.484 e. The summed E-state index contributed by atoms with van der Waals surface area (Å²) in [5.74, 6) is 2.01. The second-order valence-electron chi connectivity index (χ2n) is 6.27. The van der Waals surface area contributed by atoms with Gasteiger partial charge in [-0.1, -0.05) is 6.92 Å². The molecule has 1 unspecified atom stereocenters. The van der Waals surface area contributed by atoms with E-state index in [4.69, 9.17) is 18.6 Å². The number of hydrogen-bond acceptors (Lipinski definition) is 7. The van der Waals surface area contributed by atoms with Crippen LogP contribution < -0.4 is 19.5 Å². The summed E-state index contributed by atoms with van der Waals surface area (Å²) in [5.41, 5.74) is 0.242. The zero-order chi connectivity index (χ0) is 18.5. The molecule has 0 bridgehead atoms. The Morgan fingerprint density at radius 3 is 2.92 bits per heavy atom. The predicted molar refractivity (Wildman–Crippen MR) is 93.5 cm³/mol. The lowest BCUT2D eigenvalue weighted by Crippen LogP contribution is -2.41. The number of amides is 1. The van der Waals surface area contributed by atoms with Gasteiger partial charge in [-0.3, -0.25) is 4.79 Å². The fraction of sp³-hybridized carbons (Fsp3) is 0.444. The summed E-state index contributed by atoms with van der Waals surface area (Å²) in [4.78, 5) is 18.5. The molecule has 8 heteroatoms. The Balaban J connectivity index is 1.55. The highest BCUT2D eigenvalue weighted by atomic mass is 16.7. The van der Waals surface area contributed by atoms with E-state index in [0.717, 1.165) is 13.0 Å². The first-order valence-corrected chi connectivity index (χ1v) is 8.47. The van der Waals surface area contributed by atoms with E-state index in [2.05, 4.69) is 10.3 Å². The molecule has 2 heterocycles. The van der Waals surface area contributed by atoms with Crippen molar-refractivity contribution >= 4 is 5.91 Å². The lowest BCUT2D eigenvalue weighted by Gasteiger charge is -2.20. The molecule has 0 saturated carbocycles. The van der Waals surface area contributed by atoms with Crippen LogP contribution in [0.2, 0.25) is 0 Å². The van der Waals surface area contributed by atoms with Crippen molar-refractivity contribution in [1.29, 1.82) is 0 Å². The molecule has 0 spiro atoms. The number of nitrogens with one attached hydrogen (secondary N) is 1. The van der Waals surface area contributed by atoms with Gasteiger partial charge in [-0.2, -0.15) is 0 Å². The number of likely N-dealkylation sites (N-methyl/N-ethyl adjacent to an activating group) is 1. The molecule has 1 aromatic carbocycles. The molecule has 26 heavy (non-hydrogen) atoms. The van der Waals surface area contributed by atoms with Gasteiger partial charge >= 0.3 is 0 Å². The SMILES string of the molecule is CCC(CN(C)C)NC(=O)c1coc(COc2ccc3c(c2)OCO3)n1. The molecule has 3 rings (SSSR count). The van der Waals surface area contributed by atoms with E-state index in [0.29, 0.717) is 23.1 Å². The number of carbonyl (C=O) groups excluding carboxylic acids is 1. The van der Waals surface area contributed by atoms with Crippen molar-refractivity contribution in [3.8, 4) is 17.2 Å². The van der Waals surface area contributed by atoms with Crippen LogP contribution in [0, 0.1) is 0 Å². The molecule has 140 valence electrons. The minimum atomic E-state index is -0.253. The second kappa shape index (κ2) is 8.09. The van der Waals surface area contributed by atoms with Crippen molar-refractivity contribution in [2.45, 2.75) is 26.0 Å². The molecule has 0 fully saturated rings. The van der Waals surface area contributed by atoms with Crippen molar-refractivity contribution in [1.82, 2.24) is 15.2 Å². The standard InChI is InChI=1S/C18H23N3O5/c1-4-12(8-21(2)3)19-18(22)14-9-24-17(20-14)10-23-13-5-6-15-16(7-13)26-11-25-15/h5-7,9,12H,4,8,10-11H2,1-3H3,(H,19,22). The Kier molecular flexibility index (Phi) is 5.62. The first kappa shape index (κ1) is 18.1. The Hall–Kier alpha value is -2.74. The second-order valence-corrected chi connectivity index (χ2v) is 6.27. The van der Waals surface area contributed by atoms with E-state index in [1.54, 1.807) is 18.2 Å². The van der Waals surface area contributed by atoms with Crippen LogP contribution in [0.25, 0.3) is 0 Å². The highest BCUT2D eigenvalue weighted by Gasteiger charge is 2.18. The first-order chi connectivity index (χ1) is 12.5. The topological polar surface area (TPSA) is 86.1 Å². The van der Waals surface area contributed by atoms with Gasteiger partial charge in [0.05, 0.1) is 0 Å². The summed E-state index contributed by atoms with van der Waals surface area (Å²) in [6.07, 6.45) is 2.18. The molecular formula is C18H23N3O5. The van der Waals surface area contributed by atoms with Gasteiger partial charge in [0, 0.05) is 18.7 Å². The number of carbonyl (C=O) groups is 1. The van der Waals surface area contributed by atoms with Gasteiger partial charge in [-0.15, -0.1) is 0 Å². The third kappa shape index (κ3) is 4.45. The molecular weight excluding hydrogens is 338 g/mol. The summed E-state index contributed by atoms with van der Waals surface area (Å²) in [6, 6.07) is 5.35. The van der Waals surface area contributed by atoms with Gasteiger partial charge in [0.1, 0.15) is 12.0 Å². The van der Waals surface area contributed by atoms with E-state index < -0.39 is 0 Å². The quantitative estimate of drug-likeness (QED) is 0.770. The Labute approximate surface area is 152 Å². The Morgan fingerprint density at radius 1 is 1.35 bits per heavy atom. The normalized spacial score (nSPS) is 13.7. The number of benzene rings is 1. The third-order valence-corrected chi connectivity index (χ3v) is 3.90. The van der Waals surface area contributed by atoms with Crippen LogP contribution in [0.3, 0.4) is 0 Å². The van der Waals surface area contributed by atoms with Gasteiger partial charge in [0.2, 0.25) is 12.7 Å². The van der Waals surface area contributed by atoms with Gasteiger partial charge in [0.15, 0.2) is 23.8 Å².